The maximum absolute atomic E-state index is 12.8. The lowest BCUT2D eigenvalue weighted by molar-refractivity contribution is -0.145. The van der Waals surface area contributed by atoms with Gasteiger partial charge in [0.1, 0.15) is 30.0 Å². The van der Waals surface area contributed by atoms with Crippen LogP contribution in [0.25, 0.3) is 0 Å². The Morgan fingerprint density at radius 1 is 1.35 bits per heavy atom. The molecule has 0 spiro atoms. The number of benzene rings is 1. The van der Waals surface area contributed by atoms with E-state index in [4.69, 9.17) is 10.5 Å². The zero-order valence-corrected chi connectivity index (χ0v) is 9.28. The monoisotopic (exact) mass is 245 g/mol. The van der Waals surface area contributed by atoms with Gasteiger partial charge in [-0.2, -0.15) is 0 Å². The Morgan fingerprint density at radius 3 is 2.47 bits per heavy atom. The van der Waals surface area contributed by atoms with Gasteiger partial charge in [0.05, 0.1) is 6.61 Å². The molecule has 17 heavy (non-hydrogen) atoms. The van der Waals surface area contributed by atoms with Gasteiger partial charge in [-0.05, 0) is 6.92 Å². The Balaban J connectivity index is 2.52. The number of esters is 1. The topological polar surface area (TPSA) is 61.5 Å². The number of nitrogens with two attached hydrogens (primary N) is 1. The van der Waals surface area contributed by atoms with Crippen molar-refractivity contribution in [3.63, 3.8) is 0 Å². The molecule has 0 amide bonds. The van der Waals surface area contributed by atoms with E-state index in [0.29, 0.717) is 0 Å². The van der Waals surface area contributed by atoms with Crippen molar-refractivity contribution in [3.05, 3.63) is 29.8 Å². The molecule has 0 aliphatic heterocycles. The van der Waals surface area contributed by atoms with E-state index in [0.717, 1.165) is 18.2 Å². The quantitative estimate of drug-likeness (QED) is 0.793. The molecular weight excluding hydrogens is 232 g/mol. The lowest BCUT2D eigenvalue weighted by atomic mass is 10.3. The summed E-state index contributed by atoms with van der Waals surface area (Å²) in [6.45, 7) is 1.65. The number of carbonyl (C=O) groups excluding carboxylic acids is 1. The van der Waals surface area contributed by atoms with E-state index < -0.39 is 23.6 Å². The standard InChI is InChI=1S/C11H13F2NO3/c1-2-16-11(15)10(14)6-17-9-4-7(12)3-8(13)5-9/h3-5,10H,2,6,14H2,1H3. The van der Waals surface area contributed by atoms with E-state index in [-0.39, 0.29) is 19.0 Å². The predicted octanol–water partition coefficient (Wildman–Crippen LogP) is 1.23. The predicted molar refractivity (Wildman–Crippen MR) is 56.5 cm³/mol. The lowest BCUT2D eigenvalue weighted by Gasteiger charge is -2.12. The smallest absolute Gasteiger partial charge is 0.326 e. The van der Waals surface area contributed by atoms with E-state index >= 15 is 0 Å². The first-order valence-corrected chi connectivity index (χ1v) is 5.04. The molecule has 1 unspecified atom stereocenters. The van der Waals surface area contributed by atoms with Gasteiger partial charge in [-0.25, -0.2) is 8.78 Å². The van der Waals surface area contributed by atoms with Gasteiger partial charge in [0.15, 0.2) is 0 Å². The van der Waals surface area contributed by atoms with Crippen LogP contribution in [-0.4, -0.2) is 25.2 Å². The molecule has 1 aromatic rings. The largest absolute Gasteiger partial charge is 0.491 e. The van der Waals surface area contributed by atoms with Crippen LogP contribution in [0.2, 0.25) is 0 Å². The van der Waals surface area contributed by atoms with Gasteiger partial charge in [0.2, 0.25) is 0 Å². The van der Waals surface area contributed by atoms with Crippen molar-refractivity contribution in [1.82, 2.24) is 0 Å². The lowest BCUT2D eigenvalue weighted by Crippen LogP contribution is -2.37. The van der Waals surface area contributed by atoms with E-state index in [1.54, 1.807) is 6.92 Å². The third-order valence-corrected chi connectivity index (χ3v) is 1.85. The molecule has 0 aromatic heterocycles. The van der Waals surface area contributed by atoms with Crippen LogP contribution in [0.3, 0.4) is 0 Å². The van der Waals surface area contributed by atoms with Gasteiger partial charge in [-0.1, -0.05) is 0 Å². The van der Waals surface area contributed by atoms with Crippen LogP contribution < -0.4 is 10.5 Å². The Labute approximate surface area is 97.3 Å². The fraction of sp³-hybridized carbons (Fsp3) is 0.364. The van der Waals surface area contributed by atoms with Crippen molar-refractivity contribution in [2.24, 2.45) is 5.73 Å². The molecule has 1 aromatic carbocycles. The van der Waals surface area contributed by atoms with Gasteiger partial charge in [-0.15, -0.1) is 0 Å². The number of ether oxygens (including phenoxy) is 2. The number of hydrogen-bond acceptors (Lipinski definition) is 4. The van der Waals surface area contributed by atoms with Crippen molar-refractivity contribution >= 4 is 5.97 Å². The summed E-state index contributed by atoms with van der Waals surface area (Å²) in [4.78, 5) is 11.1. The van der Waals surface area contributed by atoms with Crippen LogP contribution in [0, 0.1) is 11.6 Å². The number of halogens is 2. The van der Waals surface area contributed by atoms with Gasteiger partial charge in [-0.3, -0.25) is 4.79 Å². The van der Waals surface area contributed by atoms with Crippen molar-refractivity contribution < 1.29 is 23.0 Å². The fourth-order valence-corrected chi connectivity index (χ4v) is 1.12. The second-order valence-electron chi connectivity index (χ2n) is 3.27. The summed E-state index contributed by atoms with van der Waals surface area (Å²) in [5.41, 5.74) is 5.44. The first kappa shape index (κ1) is 13.4. The van der Waals surface area contributed by atoms with Crippen LogP contribution in [-0.2, 0) is 9.53 Å². The van der Waals surface area contributed by atoms with Crippen LogP contribution >= 0.6 is 0 Å². The Morgan fingerprint density at radius 2 is 1.94 bits per heavy atom. The molecule has 0 fully saturated rings. The van der Waals surface area contributed by atoms with Gasteiger partial charge in [0.25, 0.3) is 0 Å². The molecule has 0 saturated carbocycles. The van der Waals surface area contributed by atoms with E-state index in [1.165, 1.54) is 0 Å². The van der Waals surface area contributed by atoms with Crippen LogP contribution in [0.4, 0.5) is 8.78 Å². The first-order chi connectivity index (χ1) is 8.02. The molecule has 0 aliphatic carbocycles. The van der Waals surface area contributed by atoms with Gasteiger partial charge >= 0.3 is 5.97 Å². The van der Waals surface area contributed by atoms with Crippen molar-refractivity contribution in [2.75, 3.05) is 13.2 Å². The maximum Gasteiger partial charge on any atom is 0.326 e. The molecular formula is C11H13F2NO3. The highest BCUT2D eigenvalue weighted by molar-refractivity contribution is 5.75. The molecule has 0 aliphatic rings. The molecule has 0 bridgehead atoms. The summed E-state index contributed by atoms with van der Waals surface area (Å²) >= 11 is 0. The van der Waals surface area contributed by atoms with E-state index in [9.17, 15) is 13.6 Å². The highest BCUT2D eigenvalue weighted by atomic mass is 19.1. The first-order valence-electron chi connectivity index (χ1n) is 5.04. The third kappa shape index (κ3) is 4.36. The maximum atomic E-state index is 12.8. The summed E-state index contributed by atoms with van der Waals surface area (Å²) in [6.07, 6.45) is 0. The minimum Gasteiger partial charge on any atom is -0.491 e. The second kappa shape index (κ2) is 6.15. The molecule has 2 N–H and O–H groups in total. The fourth-order valence-electron chi connectivity index (χ4n) is 1.12. The Kier molecular flexibility index (Phi) is 4.84. The summed E-state index contributed by atoms with van der Waals surface area (Å²) in [7, 11) is 0. The average Bonchev–Trinajstić information content (AvgIpc) is 2.25. The number of carbonyl (C=O) groups is 1. The summed E-state index contributed by atoms with van der Waals surface area (Å²) < 4.78 is 35.2. The molecule has 1 rings (SSSR count). The molecule has 4 nitrogen and oxygen atoms in total. The SMILES string of the molecule is CCOC(=O)C(N)COc1cc(F)cc(F)c1. The third-order valence-electron chi connectivity index (χ3n) is 1.85. The second-order valence-corrected chi connectivity index (χ2v) is 3.27. The van der Waals surface area contributed by atoms with Gasteiger partial charge in [0, 0.05) is 18.2 Å². The van der Waals surface area contributed by atoms with Crippen LogP contribution in [0.5, 0.6) is 5.75 Å². The van der Waals surface area contributed by atoms with Crippen molar-refractivity contribution in [1.29, 1.82) is 0 Å². The molecule has 0 heterocycles. The highest BCUT2D eigenvalue weighted by Gasteiger charge is 2.15. The average molecular weight is 245 g/mol. The summed E-state index contributed by atoms with van der Waals surface area (Å²) in [5.74, 6) is -2.17. The molecule has 0 radical (unpaired) electrons. The number of rotatable bonds is 5. The summed E-state index contributed by atoms with van der Waals surface area (Å²) in [6, 6.07) is 1.74. The van der Waals surface area contributed by atoms with Crippen LogP contribution in [0.15, 0.2) is 18.2 Å². The highest BCUT2D eigenvalue weighted by Crippen LogP contribution is 2.15. The van der Waals surface area contributed by atoms with Crippen molar-refractivity contribution in [2.45, 2.75) is 13.0 Å². The molecule has 6 heteroatoms. The number of hydrogen-bond donors (Lipinski definition) is 1. The van der Waals surface area contributed by atoms with Gasteiger partial charge < -0.3 is 15.2 Å². The minimum absolute atomic E-state index is 0.0257. The minimum atomic E-state index is -0.985. The normalized spacial score (nSPS) is 12.0. The molecule has 0 saturated heterocycles. The zero-order chi connectivity index (χ0) is 12.8. The Hall–Kier alpha value is -1.69. The summed E-state index contributed by atoms with van der Waals surface area (Å²) in [5, 5.41) is 0. The molecule has 1 atom stereocenters. The molecule has 94 valence electrons. The van der Waals surface area contributed by atoms with E-state index in [1.807, 2.05) is 0 Å². The van der Waals surface area contributed by atoms with E-state index in [2.05, 4.69) is 4.74 Å². The Bertz CT molecular complexity index is 378. The zero-order valence-electron chi connectivity index (χ0n) is 9.28. The van der Waals surface area contributed by atoms with Crippen LogP contribution in [0.1, 0.15) is 6.92 Å². The van der Waals surface area contributed by atoms with Crippen molar-refractivity contribution in [3.8, 4) is 5.75 Å².